The third-order valence-electron chi connectivity index (χ3n) is 3.92. The van der Waals surface area contributed by atoms with Crippen molar-refractivity contribution in [2.75, 3.05) is 7.05 Å². The molecule has 1 heterocycles. The van der Waals surface area contributed by atoms with Crippen molar-refractivity contribution in [2.45, 2.75) is 65.0 Å². The molecule has 1 aliphatic carbocycles. The minimum atomic E-state index is -0.304. The van der Waals surface area contributed by atoms with Crippen LogP contribution in [-0.4, -0.2) is 29.4 Å². The van der Waals surface area contributed by atoms with Crippen LogP contribution in [0.15, 0.2) is 16.0 Å². The zero-order valence-corrected chi connectivity index (χ0v) is 13.8. The van der Waals surface area contributed by atoms with E-state index in [0.29, 0.717) is 12.0 Å². The molecule has 2 rings (SSSR count). The van der Waals surface area contributed by atoms with Gasteiger partial charge in [0.05, 0.1) is 5.69 Å². The lowest BCUT2D eigenvalue weighted by molar-refractivity contribution is -0.000269. The molecule has 5 nitrogen and oxygen atoms in total. The van der Waals surface area contributed by atoms with Gasteiger partial charge >= 0.3 is 0 Å². The van der Waals surface area contributed by atoms with Crippen LogP contribution in [0.2, 0.25) is 0 Å². The van der Waals surface area contributed by atoms with Crippen molar-refractivity contribution >= 4 is 5.71 Å². The summed E-state index contributed by atoms with van der Waals surface area (Å²) in [5.41, 5.74) is 1.48. The number of oxazole rings is 1. The van der Waals surface area contributed by atoms with E-state index < -0.39 is 0 Å². The minimum Gasteiger partial charge on any atom is -0.442 e. The quantitative estimate of drug-likeness (QED) is 0.683. The van der Waals surface area contributed by atoms with Crippen LogP contribution >= 0.6 is 0 Å². The normalized spacial score (nSPS) is 24.1. The number of hydrogen-bond donors (Lipinski definition) is 1. The summed E-state index contributed by atoms with van der Waals surface area (Å²) in [6.07, 6.45) is 5.98. The number of nitrogens with one attached hydrogen (secondary N) is 1. The van der Waals surface area contributed by atoms with Crippen LogP contribution in [0.5, 0.6) is 0 Å². The second-order valence-electron chi connectivity index (χ2n) is 6.78. The molecule has 0 aromatic carbocycles. The Hall–Kier alpha value is -1.36. The highest BCUT2D eigenvalue weighted by Gasteiger charge is 2.29. The number of aryl methyl sites for hydroxylation is 1. The molecule has 1 aromatic rings. The molecule has 21 heavy (non-hydrogen) atoms. The van der Waals surface area contributed by atoms with Crippen LogP contribution in [0.4, 0.5) is 0 Å². The maximum atomic E-state index is 5.66. The molecule has 0 bridgehead atoms. The fourth-order valence-corrected chi connectivity index (χ4v) is 2.69. The number of nitrogens with zero attached hydrogens (tertiary/aromatic N) is 2. The highest BCUT2D eigenvalue weighted by Crippen LogP contribution is 2.29. The largest absolute Gasteiger partial charge is 0.442 e. The molecule has 1 N–H and O–H groups in total. The molecule has 0 atom stereocenters. The lowest BCUT2D eigenvalue weighted by Gasteiger charge is -2.28. The minimum absolute atomic E-state index is 0.304. The van der Waals surface area contributed by atoms with Crippen molar-refractivity contribution in [3.63, 3.8) is 0 Å². The van der Waals surface area contributed by atoms with Crippen molar-refractivity contribution in [2.24, 2.45) is 11.1 Å². The monoisotopic (exact) mass is 293 g/mol. The van der Waals surface area contributed by atoms with Gasteiger partial charge in [0.25, 0.3) is 0 Å². The van der Waals surface area contributed by atoms with Crippen LogP contribution in [0.3, 0.4) is 0 Å². The Morgan fingerprint density at radius 2 is 2.00 bits per heavy atom. The van der Waals surface area contributed by atoms with Gasteiger partial charge in [-0.1, -0.05) is 5.16 Å². The number of oxime groups is 1. The van der Waals surface area contributed by atoms with Gasteiger partial charge in [-0.3, -0.25) is 0 Å². The zero-order chi connectivity index (χ0) is 15.5. The fraction of sp³-hybridized carbons (Fsp3) is 0.750. The van der Waals surface area contributed by atoms with E-state index in [2.05, 4.69) is 15.5 Å². The van der Waals surface area contributed by atoms with Crippen molar-refractivity contribution in [1.29, 1.82) is 0 Å². The Kier molecular flexibility index (Phi) is 5.04. The molecule has 1 fully saturated rings. The van der Waals surface area contributed by atoms with Crippen molar-refractivity contribution in [3.8, 4) is 0 Å². The molecule has 0 spiro atoms. The first-order chi connectivity index (χ1) is 9.90. The summed E-state index contributed by atoms with van der Waals surface area (Å²) < 4.78 is 5.56. The fourth-order valence-electron chi connectivity index (χ4n) is 2.69. The maximum Gasteiger partial charge on any atom is 0.181 e. The molecule has 0 amide bonds. The Labute approximate surface area is 127 Å². The van der Waals surface area contributed by atoms with E-state index in [9.17, 15) is 0 Å². The van der Waals surface area contributed by atoms with Gasteiger partial charge < -0.3 is 14.6 Å². The van der Waals surface area contributed by atoms with E-state index in [1.165, 1.54) is 6.39 Å². The molecule has 118 valence electrons. The molecular weight excluding hydrogens is 266 g/mol. The van der Waals surface area contributed by atoms with Gasteiger partial charge in [-0.15, -0.1) is 0 Å². The molecular formula is C16H27N3O2. The summed E-state index contributed by atoms with van der Waals surface area (Å²) in [5.74, 6) is 1.15. The third-order valence-corrected chi connectivity index (χ3v) is 3.92. The summed E-state index contributed by atoms with van der Waals surface area (Å²) in [6, 6.07) is 0.613. The van der Waals surface area contributed by atoms with Crippen LogP contribution < -0.4 is 5.32 Å². The summed E-state index contributed by atoms with van der Waals surface area (Å²) >= 11 is 0. The second-order valence-corrected chi connectivity index (χ2v) is 6.78. The standard InChI is InChI=1S/C16H27N3O2/c1-11-15(20-10-18-11)14(19-21-16(2,3)4)12-6-8-13(17-5)9-7-12/h10,12-13,17H,6-9H2,1-5H3/t12-,13+. The molecule has 5 heteroatoms. The summed E-state index contributed by atoms with van der Waals surface area (Å²) in [6.45, 7) is 7.95. The van der Waals surface area contributed by atoms with Crippen molar-refractivity contribution < 1.29 is 9.25 Å². The Balaban J connectivity index is 2.19. The van der Waals surface area contributed by atoms with Gasteiger partial charge in [0.15, 0.2) is 12.2 Å². The molecule has 0 aliphatic heterocycles. The maximum absolute atomic E-state index is 5.66. The zero-order valence-electron chi connectivity index (χ0n) is 13.8. The first-order valence-corrected chi connectivity index (χ1v) is 7.74. The van der Waals surface area contributed by atoms with Crippen LogP contribution in [0, 0.1) is 12.8 Å². The molecule has 1 aromatic heterocycles. The predicted molar refractivity (Wildman–Crippen MR) is 83.4 cm³/mol. The lowest BCUT2D eigenvalue weighted by atomic mass is 9.82. The first-order valence-electron chi connectivity index (χ1n) is 7.74. The SMILES string of the molecule is CN[C@H]1CC[C@@H](C(=NOC(C)(C)C)c2ocnc2C)CC1. The second kappa shape index (κ2) is 6.60. The Bertz CT molecular complexity index is 480. The molecule has 1 aliphatic rings. The van der Waals surface area contributed by atoms with E-state index in [4.69, 9.17) is 9.25 Å². The Morgan fingerprint density at radius 1 is 1.33 bits per heavy atom. The van der Waals surface area contributed by atoms with Crippen LogP contribution in [0.25, 0.3) is 0 Å². The van der Waals surface area contributed by atoms with Crippen molar-refractivity contribution in [3.05, 3.63) is 17.8 Å². The van der Waals surface area contributed by atoms with Gasteiger partial charge in [-0.25, -0.2) is 4.98 Å². The number of rotatable bonds is 4. The summed E-state index contributed by atoms with van der Waals surface area (Å²) in [5, 5.41) is 7.79. The van der Waals surface area contributed by atoms with E-state index >= 15 is 0 Å². The first kappa shape index (κ1) is 16.0. The summed E-state index contributed by atoms with van der Waals surface area (Å²) in [4.78, 5) is 9.85. The highest BCUT2D eigenvalue weighted by atomic mass is 16.6. The van der Waals surface area contributed by atoms with E-state index in [1.54, 1.807) is 0 Å². The highest BCUT2D eigenvalue weighted by molar-refractivity contribution is 6.00. The van der Waals surface area contributed by atoms with Gasteiger partial charge in [0.1, 0.15) is 11.3 Å². The molecule has 0 unspecified atom stereocenters. The Morgan fingerprint density at radius 3 is 2.48 bits per heavy atom. The molecule has 0 radical (unpaired) electrons. The van der Waals surface area contributed by atoms with E-state index in [1.807, 2.05) is 34.7 Å². The van der Waals surface area contributed by atoms with E-state index in [-0.39, 0.29) is 5.60 Å². The topological polar surface area (TPSA) is 59.7 Å². The number of hydrogen-bond acceptors (Lipinski definition) is 5. The smallest absolute Gasteiger partial charge is 0.181 e. The van der Waals surface area contributed by atoms with Gasteiger partial charge in [-0.05, 0) is 60.4 Å². The summed E-state index contributed by atoms with van der Waals surface area (Å²) in [7, 11) is 2.03. The van der Waals surface area contributed by atoms with Gasteiger partial charge in [-0.2, -0.15) is 0 Å². The number of aromatic nitrogens is 1. The van der Waals surface area contributed by atoms with Crippen LogP contribution in [-0.2, 0) is 4.84 Å². The average molecular weight is 293 g/mol. The molecule has 1 saturated carbocycles. The predicted octanol–water partition coefficient (Wildman–Crippen LogP) is 3.28. The lowest BCUT2D eigenvalue weighted by Crippen LogP contribution is -2.33. The molecule has 0 saturated heterocycles. The van der Waals surface area contributed by atoms with Gasteiger partial charge in [0.2, 0.25) is 0 Å². The third kappa shape index (κ3) is 4.30. The van der Waals surface area contributed by atoms with Gasteiger partial charge in [0, 0.05) is 12.0 Å². The average Bonchev–Trinajstić information content (AvgIpc) is 2.85. The van der Waals surface area contributed by atoms with Crippen LogP contribution in [0.1, 0.15) is 57.9 Å². The van der Waals surface area contributed by atoms with E-state index in [0.717, 1.165) is 42.8 Å². The van der Waals surface area contributed by atoms with Crippen molar-refractivity contribution in [1.82, 2.24) is 10.3 Å².